The Morgan fingerprint density at radius 2 is 1.21 bits per heavy atom. The van der Waals surface area contributed by atoms with E-state index in [-0.39, 0.29) is 17.0 Å². The van der Waals surface area contributed by atoms with Gasteiger partial charge in [0.25, 0.3) is 0 Å². The lowest BCUT2D eigenvalue weighted by atomic mass is 10.1. The van der Waals surface area contributed by atoms with Crippen molar-refractivity contribution in [1.29, 1.82) is 0 Å². The monoisotopic (exact) mass is 419 g/mol. The van der Waals surface area contributed by atoms with Gasteiger partial charge in [-0.1, -0.05) is 64.7 Å². The number of halogens is 5. The van der Waals surface area contributed by atoms with E-state index in [2.05, 4.69) is 36.2 Å². The van der Waals surface area contributed by atoms with Gasteiger partial charge in [-0.05, 0) is 6.42 Å². The summed E-state index contributed by atoms with van der Waals surface area (Å²) in [6.07, 6.45) is 18.6. The van der Waals surface area contributed by atoms with Gasteiger partial charge in [-0.2, -0.15) is 0 Å². The number of unbranched alkanes of at least 4 members (excludes halogenated alkanes) is 9. The predicted octanol–water partition coefficient (Wildman–Crippen LogP) is 6.46. The van der Waals surface area contributed by atoms with Crippen LogP contribution >= 0.6 is 17.0 Å². The first kappa shape index (κ1) is 25.8. The Morgan fingerprint density at radius 3 is 1.58 bits per heavy atom. The molecule has 8 heteroatoms. The van der Waals surface area contributed by atoms with E-state index in [0.717, 1.165) is 6.67 Å². The second-order valence-electron chi connectivity index (χ2n) is 6.19. The van der Waals surface area contributed by atoms with Gasteiger partial charge in [-0.15, -0.1) is 17.0 Å². The predicted molar refractivity (Wildman–Crippen MR) is 101 cm³/mol. The molecular formula is C16H33BBrF4N2-. The van der Waals surface area contributed by atoms with Gasteiger partial charge >= 0.3 is 7.25 Å². The minimum absolute atomic E-state index is 0. The van der Waals surface area contributed by atoms with Crippen LogP contribution in [-0.4, -0.2) is 37.3 Å². The first-order valence-corrected chi connectivity index (χ1v) is 8.83. The Labute approximate surface area is 155 Å². The fraction of sp³-hybridized carbons (Fsp3) is 0.875. The van der Waals surface area contributed by atoms with E-state index in [1.807, 2.05) is 0 Å². The van der Waals surface area contributed by atoms with Crippen LogP contribution in [0.25, 0.3) is 0 Å². The van der Waals surface area contributed by atoms with E-state index in [1.165, 1.54) is 70.8 Å². The Morgan fingerprint density at radius 1 is 0.792 bits per heavy atom. The highest BCUT2D eigenvalue weighted by Crippen LogP contribution is 2.11. The molecule has 1 aliphatic heterocycles. The summed E-state index contributed by atoms with van der Waals surface area (Å²) in [6.45, 7) is 4.60. The van der Waals surface area contributed by atoms with E-state index in [0.29, 0.717) is 0 Å². The summed E-state index contributed by atoms with van der Waals surface area (Å²) in [5.41, 5.74) is 0. The molecule has 0 aromatic carbocycles. The third kappa shape index (κ3) is 21.6. The van der Waals surface area contributed by atoms with Crippen LogP contribution in [0.4, 0.5) is 17.3 Å². The smallest absolute Gasteiger partial charge is 0.418 e. The van der Waals surface area contributed by atoms with Gasteiger partial charge in [0.15, 0.2) is 0 Å². The van der Waals surface area contributed by atoms with E-state index >= 15 is 0 Å². The molecule has 0 saturated carbocycles. The SMILES string of the molecule is Br.CCCCCCCCCCCCN1C=CN(C)C1.F[B-](F)(F)F. The molecule has 0 atom stereocenters. The lowest BCUT2D eigenvalue weighted by Gasteiger charge is -2.17. The largest absolute Gasteiger partial charge is 0.673 e. The van der Waals surface area contributed by atoms with Crippen molar-refractivity contribution in [2.75, 3.05) is 20.3 Å². The molecule has 0 unspecified atom stereocenters. The standard InChI is InChI=1S/C16H32N2.BF4.BrH/c1-3-4-5-6-7-8-9-10-11-12-13-18-15-14-17(2)16-18;2-1(3,4)5;/h14-15H,3-13,16H2,1-2H3;;1H/q;-1;. The molecule has 0 aliphatic carbocycles. The van der Waals surface area contributed by atoms with Crippen molar-refractivity contribution < 1.29 is 17.3 Å². The summed E-state index contributed by atoms with van der Waals surface area (Å²) in [5, 5.41) is 0. The van der Waals surface area contributed by atoms with Crippen LogP contribution in [0, 0.1) is 0 Å². The van der Waals surface area contributed by atoms with Gasteiger partial charge in [-0.3, -0.25) is 0 Å². The van der Waals surface area contributed by atoms with Crippen LogP contribution in [-0.2, 0) is 0 Å². The van der Waals surface area contributed by atoms with Gasteiger partial charge < -0.3 is 27.1 Å². The third-order valence-electron chi connectivity index (χ3n) is 3.74. The Hall–Kier alpha value is -0.395. The zero-order valence-corrected chi connectivity index (χ0v) is 16.7. The zero-order valence-electron chi connectivity index (χ0n) is 15.0. The van der Waals surface area contributed by atoms with Crippen LogP contribution in [0.1, 0.15) is 71.1 Å². The van der Waals surface area contributed by atoms with Crippen LogP contribution in [0.15, 0.2) is 12.4 Å². The van der Waals surface area contributed by atoms with Crippen LogP contribution in [0.3, 0.4) is 0 Å². The fourth-order valence-electron chi connectivity index (χ4n) is 2.54. The summed E-state index contributed by atoms with van der Waals surface area (Å²) in [4.78, 5) is 4.64. The second kappa shape index (κ2) is 16.1. The maximum atomic E-state index is 9.75. The average Bonchev–Trinajstić information content (AvgIpc) is 2.85. The summed E-state index contributed by atoms with van der Waals surface area (Å²) in [6, 6.07) is 0. The minimum atomic E-state index is -6.00. The molecule has 0 amide bonds. The number of hydrogen-bond acceptors (Lipinski definition) is 2. The topological polar surface area (TPSA) is 6.48 Å². The van der Waals surface area contributed by atoms with E-state index in [1.54, 1.807) is 0 Å². The Kier molecular flexibility index (Phi) is 17.3. The van der Waals surface area contributed by atoms with Crippen molar-refractivity contribution >= 4 is 24.2 Å². The number of hydrogen-bond donors (Lipinski definition) is 0. The van der Waals surface area contributed by atoms with Crippen LogP contribution in [0.5, 0.6) is 0 Å². The summed E-state index contributed by atoms with van der Waals surface area (Å²) >= 11 is 0. The molecule has 24 heavy (non-hydrogen) atoms. The molecule has 1 rings (SSSR count). The fourth-order valence-corrected chi connectivity index (χ4v) is 2.54. The first-order valence-electron chi connectivity index (χ1n) is 8.83. The lowest BCUT2D eigenvalue weighted by Crippen LogP contribution is -2.23. The molecule has 0 aromatic heterocycles. The Bertz CT molecular complexity index is 298. The molecule has 0 aromatic rings. The molecule has 1 heterocycles. The van der Waals surface area contributed by atoms with Crippen LogP contribution < -0.4 is 0 Å². The van der Waals surface area contributed by atoms with E-state index in [9.17, 15) is 17.3 Å². The van der Waals surface area contributed by atoms with Crippen molar-refractivity contribution in [3.63, 3.8) is 0 Å². The number of nitrogens with zero attached hydrogens (tertiary/aromatic N) is 2. The highest BCUT2D eigenvalue weighted by molar-refractivity contribution is 8.93. The van der Waals surface area contributed by atoms with Gasteiger partial charge in [0.05, 0.1) is 6.67 Å². The Balaban J connectivity index is 0. The van der Waals surface area contributed by atoms with E-state index < -0.39 is 7.25 Å². The first-order chi connectivity index (χ1) is 10.8. The van der Waals surface area contributed by atoms with Gasteiger partial charge in [0.1, 0.15) is 0 Å². The molecule has 0 saturated heterocycles. The quantitative estimate of drug-likeness (QED) is 0.215. The van der Waals surface area contributed by atoms with Gasteiger partial charge in [-0.25, -0.2) is 0 Å². The highest BCUT2D eigenvalue weighted by Gasteiger charge is 2.20. The van der Waals surface area contributed by atoms with E-state index in [4.69, 9.17) is 0 Å². The van der Waals surface area contributed by atoms with Crippen LogP contribution in [0.2, 0.25) is 0 Å². The van der Waals surface area contributed by atoms with Crippen molar-refractivity contribution in [3.05, 3.63) is 12.4 Å². The normalized spacial score (nSPS) is 13.6. The van der Waals surface area contributed by atoms with Crippen molar-refractivity contribution in [3.8, 4) is 0 Å². The average molecular weight is 420 g/mol. The molecular weight excluding hydrogens is 387 g/mol. The van der Waals surface area contributed by atoms with Crippen molar-refractivity contribution in [2.24, 2.45) is 0 Å². The summed E-state index contributed by atoms with van der Waals surface area (Å²) < 4.78 is 39.0. The number of rotatable bonds is 11. The molecule has 0 radical (unpaired) electrons. The zero-order chi connectivity index (χ0) is 17.6. The highest BCUT2D eigenvalue weighted by atomic mass is 79.9. The minimum Gasteiger partial charge on any atom is -0.418 e. The van der Waals surface area contributed by atoms with Crippen molar-refractivity contribution in [1.82, 2.24) is 9.80 Å². The summed E-state index contributed by atoms with van der Waals surface area (Å²) in [5.74, 6) is 0. The lowest BCUT2D eigenvalue weighted by molar-refractivity contribution is 0.290. The molecule has 0 bridgehead atoms. The molecule has 1 aliphatic rings. The molecule has 146 valence electrons. The second-order valence-corrected chi connectivity index (χ2v) is 6.19. The van der Waals surface area contributed by atoms with Gasteiger partial charge in [0, 0.05) is 26.0 Å². The maximum Gasteiger partial charge on any atom is 0.673 e. The van der Waals surface area contributed by atoms with Gasteiger partial charge in [0.2, 0.25) is 0 Å². The molecule has 0 N–H and O–H groups in total. The molecule has 0 fully saturated rings. The van der Waals surface area contributed by atoms with Crippen molar-refractivity contribution in [2.45, 2.75) is 71.1 Å². The molecule has 2 nitrogen and oxygen atoms in total. The molecule has 0 spiro atoms. The maximum absolute atomic E-state index is 9.75. The summed E-state index contributed by atoms with van der Waals surface area (Å²) in [7, 11) is -3.87. The third-order valence-corrected chi connectivity index (χ3v) is 3.74.